The second-order valence-electron chi connectivity index (χ2n) is 6.93. The molecule has 0 saturated carbocycles. The quantitative estimate of drug-likeness (QED) is 0.801. The van der Waals surface area contributed by atoms with Gasteiger partial charge in [0.15, 0.2) is 0 Å². The molecule has 1 N–H and O–H groups in total. The van der Waals surface area contributed by atoms with E-state index < -0.39 is 6.04 Å². The Hall–Kier alpha value is -2.32. The fourth-order valence-corrected chi connectivity index (χ4v) is 4.08. The maximum Gasteiger partial charge on any atom is 0.245 e. The fraction of sp³-hybridized carbons (Fsp3) is 0.450. The van der Waals surface area contributed by atoms with Crippen LogP contribution in [0.5, 0.6) is 0 Å². The van der Waals surface area contributed by atoms with Crippen LogP contribution in [0.4, 0.5) is 4.39 Å². The summed E-state index contributed by atoms with van der Waals surface area (Å²) in [5, 5.41) is 5.73. The minimum atomic E-state index is -0.764. The number of hydrogen-bond donors (Lipinski definition) is 1. The van der Waals surface area contributed by atoms with Crippen LogP contribution in [-0.2, 0) is 22.6 Å². The number of nitrogens with zero attached hydrogens (tertiary/aromatic N) is 3. The Bertz CT molecular complexity index is 799. The second kappa shape index (κ2) is 9.75. The van der Waals surface area contributed by atoms with E-state index in [1.54, 1.807) is 40.6 Å². The van der Waals surface area contributed by atoms with Crippen molar-refractivity contribution < 1.29 is 14.0 Å². The Kier molecular flexibility index (Phi) is 7.11. The molecular weight excluding hydrogens is 379 g/mol. The lowest BCUT2D eigenvalue weighted by Gasteiger charge is -2.27. The molecule has 1 fully saturated rings. The zero-order valence-corrected chi connectivity index (χ0v) is 16.8. The molecule has 1 aromatic heterocycles. The predicted molar refractivity (Wildman–Crippen MR) is 106 cm³/mol. The standard InChI is InChI=1S/C20H25FN4O2S/c1-15(26)23-18(13-16-5-2-3-6-17(16)21)20(27)25-9-4-8-24(10-11-25)14-19-22-7-12-28-19/h2-3,5-7,12,18H,4,8-11,13-14H2,1H3,(H,23,26). The van der Waals surface area contributed by atoms with Crippen LogP contribution in [0.15, 0.2) is 35.8 Å². The van der Waals surface area contributed by atoms with Crippen LogP contribution in [0, 0.1) is 5.82 Å². The van der Waals surface area contributed by atoms with Crippen molar-refractivity contribution in [1.82, 2.24) is 20.1 Å². The molecule has 2 amide bonds. The number of carbonyl (C=O) groups is 2. The molecule has 1 unspecified atom stereocenters. The van der Waals surface area contributed by atoms with Gasteiger partial charge in [0.1, 0.15) is 16.9 Å². The first-order valence-electron chi connectivity index (χ1n) is 9.43. The molecule has 3 rings (SSSR count). The molecule has 1 aromatic carbocycles. The fourth-order valence-electron chi connectivity index (χ4n) is 3.42. The summed E-state index contributed by atoms with van der Waals surface area (Å²) in [5.41, 5.74) is 0.426. The Balaban J connectivity index is 1.64. The van der Waals surface area contributed by atoms with Crippen LogP contribution in [0.3, 0.4) is 0 Å². The predicted octanol–water partition coefficient (Wildman–Crippen LogP) is 2.06. The van der Waals surface area contributed by atoms with Crippen molar-refractivity contribution >= 4 is 23.2 Å². The van der Waals surface area contributed by atoms with Gasteiger partial charge in [-0.15, -0.1) is 11.3 Å². The second-order valence-corrected chi connectivity index (χ2v) is 7.91. The molecule has 28 heavy (non-hydrogen) atoms. The van der Waals surface area contributed by atoms with Gasteiger partial charge in [-0.25, -0.2) is 9.37 Å². The summed E-state index contributed by atoms with van der Waals surface area (Å²) in [4.78, 5) is 33.1. The maximum absolute atomic E-state index is 14.0. The molecule has 2 aromatic rings. The van der Waals surface area contributed by atoms with Crippen LogP contribution in [0.2, 0.25) is 0 Å². The van der Waals surface area contributed by atoms with E-state index in [0.29, 0.717) is 18.7 Å². The van der Waals surface area contributed by atoms with E-state index in [-0.39, 0.29) is 24.1 Å². The van der Waals surface area contributed by atoms with Gasteiger partial charge in [0.2, 0.25) is 11.8 Å². The van der Waals surface area contributed by atoms with Gasteiger partial charge < -0.3 is 10.2 Å². The van der Waals surface area contributed by atoms with E-state index >= 15 is 0 Å². The molecule has 150 valence electrons. The van der Waals surface area contributed by atoms with Crippen molar-refractivity contribution in [2.45, 2.75) is 32.4 Å². The van der Waals surface area contributed by atoms with Gasteiger partial charge in [-0.1, -0.05) is 18.2 Å². The summed E-state index contributed by atoms with van der Waals surface area (Å²) in [6.07, 6.45) is 2.79. The average Bonchev–Trinajstić information content (AvgIpc) is 3.06. The lowest BCUT2D eigenvalue weighted by molar-refractivity contribution is -0.136. The van der Waals surface area contributed by atoms with E-state index in [9.17, 15) is 14.0 Å². The number of nitrogens with one attached hydrogen (secondary N) is 1. The molecule has 1 aliphatic rings. The van der Waals surface area contributed by atoms with Crippen molar-refractivity contribution in [2.24, 2.45) is 0 Å². The molecule has 1 atom stereocenters. The van der Waals surface area contributed by atoms with Gasteiger partial charge in [0.25, 0.3) is 0 Å². The highest BCUT2D eigenvalue weighted by atomic mass is 32.1. The summed E-state index contributed by atoms with van der Waals surface area (Å²) in [6.45, 7) is 5.00. The van der Waals surface area contributed by atoms with Crippen LogP contribution < -0.4 is 5.32 Å². The number of rotatable bonds is 6. The van der Waals surface area contributed by atoms with Gasteiger partial charge in [0.05, 0.1) is 6.54 Å². The van der Waals surface area contributed by atoms with E-state index in [0.717, 1.165) is 31.1 Å². The van der Waals surface area contributed by atoms with Gasteiger partial charge in [-0.3, -0.25) is 14.5 Å². The monoisotopic (exact) mass is 404 g/mol. The summed E-state index contributed by atoms with van der Waals surface area (Å²) >= 11 is 1.63. The van der Waals surface area contributed by atoms with Crippen molar-refractivity contribution in [3.05, 3.63) is 52.2 Å². The van der Waals surface area contributed by atoms with E-state index in [1.165, 1.54) is 13.0 Å². The van der Waals surface area contributed by atoms with E-state index in [1.807, 2.05) is 5.38 Å². The van der Waals surface area contributed by atoms with Gasteiger partial charge in [-0.2, -0.15) is 0 Å². The highest BCUT2D eigenvalue weighted by molar-refractivity contribution is 7.09. The van der Waals surface area contributed by atoms with Crippen molar-refractivity contribution in [3.63, 3.8) is 0 Å². The smallest absolute Gasteiger partial charge is 0.245 e. The summed E-state index contributed by atoms with van der Waals surface area (Å²) in [7, 11) is 0. The first-order valence-corrected chi connectivity index (χ1v) is 10.3. The molecule has 0 spiro atoms. The first-order chi connectivity index (χ1) is 13.5. The number of halogens is 1. The van der Waals surface area contributed by atoms with Crippen molar-refractivity contribution in [3.8, 4) is 0 Å². The van der Waals surface area contributed by atoms with Crippen LogP contribution in [0.1, 0.15) is 23.9 Å². The summed E-state index contributed by atoms with van der Waals surface area (Å²) in [5.74, 6) is -0.819. The Morgan fingerprint density at radius 1 is 1.25 bits per heavy atom. The molecule has 1 aliphatic heterocycles. The third-order valence-electron chi connectivity index (χ3n) is 4.80. The maximum atomic E-state index is 14.0. The lowest BCUT2D eigenvalue weighted by Crippen LogP contribution is -2.50. The number of thiazole rings is 1. The third kappa shape index (κ3) is 5.59. The number of aromatic nitrogens is 1. The highest BCUT2D eigenvalue weighted by Gasteiger charge is 2.28. The number of carbonyl (C=O) groups excluding carboxylic acids is 2. The molecule has 8 heteroatoms. The Morgan fingerprint density at radius 3 is 2.79 bits per heavy atom. The molecule has 2 heterocycles. The van der Waals surface area contributed by atoms with Crippen LogP contribution in [-0.4, -0.2) is 58.8 Å². The molecular formula is C20H25FN4O2S. The minimum absolute atomic E-state index is 0.143. The normalized spacial score (nSPS) is 16.4. The molecule has 6 nitrogen and oxygen atoms in total. The third-order valence-corrected chi connectivity index (χ3v) is 5.56. The number of benzene rings is 1. The van der Waals surface area contributed by atoms with Crippen molar-refractivity contribution in [1.29, 1.82) is 0 Å². The van der Waals surface area contributed by atoms with Crippen molar-refractivity contribution in [2.75, 3.05) is 26.2 Å². The highest BCUT2D eigenvalue weighted by Crippen LogP contribution is 2.14. The summed E-state index contributed by atoms with van der Waals surface area (Å²) in [6, 6.07) is 5.60. The van der Waals surface area contributed by atoms with Crippen LogP contribution >= 0.6 is 11.3 Å². The van der Waals surface area contributed by atoms with E-state index in [2.05, 4.69) is 15.2 Å². The number of hydrogen-bond acceptors (Lipinski definition) is 5. The Labute approximate surface area is 168 Å². The summed E-state index contributed by atoms with van der Waals surface area (Å²) < 4.78 is 14.0. The number of amides is 2. The van der Waals surface area contributed by atoms with Gasteiger partial charge >= 0.3 is 0 Å². The SMILES string of the molecule is CC(=O)NC(Cc1ccccc1F)C(=O)N1CCCN(Cc2nccs2)CC1. The zero-order chi connectivity index (χ0) is 19.9. The van der Waals surface area contributed by atoms with Gasteiger partial charge in [-0.05, 0) is 18.1 Å². The van der Waals surface area contributed by atoms with Crippen LogP contribution in [0.25, 0.3) is 0 Å². The topological polar surface area (TPSA) is 65.5 Å². The first kappa shape index (κ1) is 20.4. The molecule has 0 bridgehead atoms. The zero-order valence-electron chi connectivity index (χ0n) is 15.9. The largest absolute Gasteiger partial charge is 0.344 e. The lowest BCUT2D eigenvalue weighted by atomic mass is 10.0. The minimum Gasteiger partial charge on any atom is -0.344 e. The Morgan fingerprint density at radius 2 is 2.07 bits per heavy atom. The molecule has 1 saturated heterocycles. The molecule has 0 aliphatic carbocycles. The van der Waals surface area contributed by atoms with Gasteiger partial charge in [0, 0.05) is 51.1 Å². The molecule has 0 radical (unpaired) electrons. The average molecular weight is 405 g/mol. The van der Waals surface area contributed by atoms with E-state index in [4.69, 9.17) is 0 Å².